The summed E-state index contributed by atoms with van der Waals surface area (Å²) in [6.45, 7) is 8.79. The number of anilines is 1. The van der Waals surface area contributed by atoms with E-state index >= 15 is 0 Å². The lowest BCUT2D eigenvalue weighted by molar-refractivity contribution is -0.137. The van der Waals surface area contributed by atoms with Crippen LogP contribution in [-0.4, -0.2) is 60.1 Å². The Balaban J connectivity index is 1.99. The second kappa shape index (κ2) is 11.6. The number of hydrogen-bond acceptors (Lipinski definition) is 5. The highest BCUT2D eigenvalue weighted by Crippen LogP contribution is 2.36. The summed E-state index contributed by atoms with van der Waals surface area (Å²) in [6, 6.07) is 0.869. The Kier molecular flexibility index (Phi) is 9.00. The van der Waals surface area contributed by atoms with Crippen LogP contribution in [0.5, 0.6) is 0 Å². The first-order chi connectivity index (χ1) is 16.5. The molecule has 1 N–H and O–H groups in total. The van der Waals surface area contributed by atoms with E-state index in [0.717, 1.165) is 56.3 Å². The van der Waals surface area contributed by atoms with Crippen LogP contribution in [0.25, 0.3) is 0 Å². The summed E-state index contributed by atoms with van der Waals surface area (Å²) in [5, 5.41) is 9.99. The zero-order valence-electron chi connectivity index (χ0n) is 21.6. The third-order valence-electron chi connectivity index (χ3n) is 6.75. The standard InChI is InChI=1S/C27H38N2O5S/c1-18(24(30)28-15-12-20(34-5)13-16-28)29(25(31)19-9-7-6-8-10-19)22-17-21(11-14-27(2,3)4)35-23(22)26(32)33/h17-20H,6-10,12-13,15-16H2,1-5H3,(H,32,33)/t18-/m0/s1. The van der Waals surface area contributed by atoms with E-state index in [2.05, 4.69) is 11.8 Å². The lowest BCUT2D eigenvalue weighted by Crippen LogP contribution is -2.53. The van der Waals surface area contributed by atoms with Crippen molar-refractivity contribution >= 4 is 34.8 Å². The molecule has 1 aliphatic carbocycles. The minimum atomic E-state index is -1.11. The second-order valence-corrected chi connectivity index (χ2v) is 11.7. The summed E-state index contributed by atoms with van der Waals surface area (Å²) >= 11 is 1.06. The number of rotatable bonds is 6. The molecule has 0 unspecified atom stereocenters. The van der Waals surface area contributed by atoms with Gasteiger partial charge in [-0.1, -0.05) is 31.1 Å². The largest absolute Gasteiger partial charge is 0.477 e. The zero-order valence-corrected chi connectivity index (χ0v) is 22.4. The summed E-state index contributed by atoms with van der Waals surface area (Å²) in [5.74, 6) is 4.58. The van der Waals surface area contributed by atoms with E-state index in [0.29, 0.717) is 18.0 Å². The van der Waals surface area contributed by atoms with Crippen LogP contribution in [-0.2, 0) is 14.3 Å². The third kappa shape index (κ3) is 6.86. The SMILES string of the molecule is COC1CCN(C(=O)[C@H](C)N(C(=O)C2CCCCC2)c2cc(C#CC(C)(C)C)sc2C(=O)O)CC1. The number of methoxy groups -OCH3 is 1. The Morgan fingerprint density at radius 2 is 1.77 bits per heavy atom. The maximum atomic E-state index is 13.8. The Labute approximate surface area is 212 Å². The van der Waals surface area contributed by atoms with Gasteiger partial charge in [-0.2, -0.15) is 0 Å². The van der Waals surface area contributed by atoms with Crippen molar-refractivity contribution in [2.45, 2.75) is 84.8 Å². The van der Waals surface area contributed by atoms with Gasteiger partial charge in [0, 0.05) is 31.5 Å². The van der Waals surface area contributed by atoms with Crippen LogP contribution in [0.15, 0.2) is 6.07 Å². The van der Waals surface area contributed by atoms with Crippen molar-refractivity contribution in [1.82, 2.24) is 4.90 Å². The van der Waals surface area contributed by atoms with Gasteiger partial charge < -0.3 is 14.7 Å². The first-order valence-corrected chi connectivity index (χ1v) is 13.4. The number of carboxylic acid groups (broad SMARTS) is 1. The van der Waals surface area contributed by atoms with E-state index in [4.69, 9.17) is 4.74 Å². The molecule has 0 radical (unpaired) electrons. The maximum absolute atomic E-state index is 13.8. The van der Waals surface area contributed by atoms with Crippen molar-refractivity contribution < 1.29 is 24.2 Å². The monoisotopic (exact) mass is 502 g/mol. The molecular formula is C27H38N2O5S. The van der Waals surface area contributed by atoms with Gasteiger partial charge >= 0.3 is 5.97 Å². The molecule has 0 aromatic carbocycles. The molecule has 192 valence electrons. The van der Waals surface area contributed by atoms with Crippen LogP contribution < -0.4 is 4.90 Å². The molecule has 35 heavy (non-hydrogen) atoms. The highest BCUT2D eigenvalue weighted by atomic mass is 32.1. The molecule has 7 nitrogen and oxygen atoms in total. The topological polar surface area (TPSA) is 87.2 Å². The Morgan fingerprint density at radius 3 is 2.31 bits per heavy atom. The number of hydrogen-bond donors (Lipinski definition) is 1. The highest BCUT2D eigenvalue weighted by Gasteiger charge is 2.38. The molecule has 1 aromatic heterocycles. The molecule has 3 rings (SSSR count). The van der Waals surface area contributed by atoms with Gasteiger partial charge in [0.2, 0.25) is 11.8 Å². The lowest BCUT2D eigenvalue weighted by atomic mass is 9.87. The fourth-order valence-corrected chi connectivity index (χ4v) is 5.62. The fourth-order valence-electron chi connectivity index (χ4n) is 4.78. The number of ether oxygens (including phenoxy) is 1. The summed E-state index contributed by atoms with van der Waals surface area (Å²) in [5.41, 5.74) is 0.0341. The van der Waals surface area contributed by atoms with Crippen LogP contribution in [0.2, 0.25) is 0 Å². The van der Waals surface area contributed by atoms with Crippen molar-refractivity contribution in [1.29, 1.82) is 0 Å². The molecule has 8 heteroatoms. The van der Waals surface area contributed by atoms with Gasteiger partial charge in [0.25, 0.3) is 0 Å². The van der Waals surface area contributed by atoms with E-state index in [1.807, 2.05) is 20.8 Å². The minimum absolute atomic E-state index is 0.0464. The van der Waals surface area contributed by atoms with Crippen molar-refractivity contribution in [3.8, 4) is 11.8 Å². The normalized spacial score (nSPS) is 18.5. The number of amides is 2. The van der Waals surface area contributed by atoms with Crippen LogP contribution in [0.1, 0.15) is 87.2 Å². The molecular weight excluding hydrogens is 464 g/mol. The van der Waals surface area contributed by atoms with E-state index < -0.39 is 12.0 Å². The molecule has 2 amide bonds. The molecule has 1 aliphatic heterocycles. The van der Waals surface area contributed by atoms with E-state index in [1.165, 1.54) is 4.90 Å². The minimum Gasteiger partial charge on any atom is -0.477 e. The average molecular weight is 503 g/mol. The summed E-state index contributed by atoms with van der Waals surface area (Å²) in [6.07, 6.45) is 6.18. The Hall–Kier alpha value is -2.37. The number of likely N-dealkylation sites (tertiary alicyclic amines) is 1. The van der Waals surface area contributed by atoms with Crippen molar-refractivity contribution in [3.05, 3.63) is 15.8 Å². The van der Waals surface area contributed by atoms with Crippen molar-refractivity contribution in [3.63, 3.8) is 0 Å². The van der Waals surface area contributed by atoms with Crippen LogP contribution in [0, 0.1) is 23.2 Å². The van der Waals surface area contributed by atoms with Crippen LogP contribution in [0.4, 0.5) is 5.69 Å². The van der Waals surface area contributed by atoms with Crippen molar-refractivity contribution in [2.24, 2.45) is 11.3 Å². The predicted octanol–water partition coefficient (Wildman–Crippen LogP) is 4.78. The molecule has 1 aromatic rings. The van der Waals surface area contributed by atoms with E-state index in [9.17, 15) is 19.5 Å². The van der Waals surface area contributed by atoms with Crippen LogP contribution in [0.3, 0.4) is 0 Å². The lowest BCUT2D eigenvalue weighted by Gasteiger charge is -2.37. The summed E-state index contributed by atoms with van der Waals surface area (Å²) in [4.78, 5) is 43.5. The molecule has 2 fully saturated rings. The zero-order chi connectivity index (χ0) is 25.8. The summed E-state index contributed by atoms with van der Waals surface area (Å²) in [7, 11) is 1.68. The first kappa shape index (κ1) is 27.2. The van der Waals surface area contributed by atoms with Gasteiger partial charge in [0.15, 0.2) is 0 Å². The Bertz CT molecular complexity index is 985. The molecule has 0 bridgehead atoms. The number of aromatic carboxylic acids is 1. The van der Waals surface area contributed by atoms with Crippen LogP contribution >= 0.6 is 11.3 Å². The number of nitrogens with zero attached hydrogens (tertiary/aromatic N) is 2. The van der Waals surface area contributed by atoms with Gasteiger partial charge in [-0.25, -0.2) is 4.79 Å². The van der Waals surface area contributed by atoms with Gasteiger partial charge in [0.1, 0.15) is 10.9 Å². The number of piperidine rings is 1. The van der Waals surface area contributed by atoms with Gasteiger partial charge in [-0.05, 0) is 59.4 Å². The van der Waals surface area contributed by atoms with E-state index in [1.54, 1.807) is 25.0 Å². The molecule has 1 saturated carbocycles. The summed E-state index contributed by atoms with van der Waals surface area (Å²) < 4.78 is 5.43. The molecule has 2 aliphatic rings. The number of carboxylic acids is 1. The number of thiophene rings is 1. The Morgan fingerprint density at radius 1 is 1.14 bits per heavy atom. The van der Waals surface area contributed by atoms with Crippen molar-refractivity contribution in [2.75, 3.05) is 25.1 Å². The molecule has 1 saturated heterocycles. The fraction of sp³-hybridized carbons (Fsp3) is 0.667. The predicted molar refractivity (Wildman–Crippen MR) is 138 cm³/mol. The van der Waals surface area contributed by atoms with Gasteiger partial charge in [-0.15, -0.1) is 11.3 Å². The third-order valence-corrected chi connectivity index (χ3v) is 7.78. The first-order valence-electron chi connectivity index (χ1n) is 12.6. The smallest absolute Gasteiger partial charge is 0.348 e. The van der Waals surface area contributed by atoms with Gasteiger partial charge in [0.05, 0.1) is 16.7 Å². The number of carbonyl (C=O) groups excluding carboxylic acids is 2. The second-order valence-electron chi connectivity index (χ2n) is 10.6. The number of carbonyl (C=O) groups is 3. The average Bonchev–Trinajstić information content (AvgIpc) is 3.26. The molecule has 0 spiro atoms. The van der Waals surface area contributed by atoms with Gasteiger partial charge in [-0.3, -0.25) is 14.5 Å². The highest BCUT2D eigenvalue weighted by molar-refractivity contribution is 7.15. The quantitative estimate of drug-likeness (QED) is 0.566. The maximum Gasteiger partial charge on any atom is 0.348 e. The van der Waals surface area contributed by atoms with E-state index in [-0.39, 0.29) is 39.8 Å². The molecule has 1 atom stereocenters. The molecule has 2 heterocycles.